The minimum Gasteiger partial charge on any atom is -0.459 e. The van der Waals surface area contributed by atoms with Gasteiger partial charge in [0.2, 0.25) is 0 Å². The van der Waals surface area contributed by atoms with E-state index in [0.29, 0.717) is 25.9 Å². The van der Waals surface area contributed by atoms with E-state index in [4.69, 9.17) is 9.47 Å². The standard InChI is InChI=1S/C17H28N2O4/c1-22-14-5-4-6-15(14)23-16(20)13-7-11-19(12-8-13)17(21)18-9-2-3-10-18/h13-15H,2-12H2,1H3/t14-,15+/m0/s1. The maximum absolute atomic E-state index is 12.4. The normalized spacial score (nSPS) is 29.1. The summed E-state index contributed by atoms with van der Waals surface area (Å²) in [6.07, 6.45) is 6.53. The summed E-state index contributed by atoms with van der Waals surface area (Å²) >= 11 is 0. The average molecular weight is 324 g/mol. The molecule has 130 valence electrons. The zero-order chi connectivity index (χ0) is 16.2. The van der Waals surface area contributed by atoms with Crippen molar-refractivity contribution in [1.82, 2.24) is 9.80 Å². The lowest BCUT2D eigenvalue weighted by Crippen LogP contribution is -2.47. The number of urea groups is 1. The van der Waals surface area contributed by atoms with Crippen LogP contribution in [-0.2, 0) is 14.3 Å². The van der Waals surface area contributed by atoms with Gasteiger partial charge in [-0.1, -0.05) is 0 Å². The second-order valence-corrected chi connectivity index (χ2v) is 6.92. The average Bonchev–Trinajstić information content (AvgIpc) is 3.25. The Morgan fingerprint density at radius 1 is 0.826 bits per heavy atom. The van der Waals surface area contributed by atoms with E-state index in [0.717, 1.165) is 45.2 Å². The number of likely N-dealkylation sites (tertiary alicyclic amines) is 2. The van der Waals surface area contributed by atoms with E-state index in [1.165, 1.54) is 0 Å². The summed E-state index contributed by atoms with van der Waals surface area (Å²) in [7, 11) is 1.68. The largest absolute Gasteiger partial charge is 0.459 e. The lowest BCUT2D eigenvalue weighted by Gasteiger charge is -2.34. The van der Waals surface area contributed by atoms with Crippen LogP contribution in [0, 0.1) is 5.92 Å². The number of ether oxygens (including phenoxy) is 2. The highest BCUT2D eigenvalue weighted by atomic mass is 16.6. The number of methoxy groups -OCH3 is 1. The first-order chi connectivity index (χ1) is 11.2. The van der Waals surface area contributed by atoms with Gasteiger partial charge in [-0.15, -0.1) is 0 Å². The molecule has 0 radical (unpaired) electrons. The summed E-state index contributed by atoms with van der Waals surface area (Å²) < 4.78 is 11.1. The van der Waals surface area contributed by atoms with E-state index < -0.39 is 0 Å². The van der Waals surface area contributed by atoms with Gasteiger partial charge in [-0.2, -0.15) is 0 Å². The van der Waals surface area contributed by atoms with Gasteiger partial charge in [-0.3, -0.25) is 4.79 Å². The lowest BCUT2D eigenvalue weighted by molar-refractivity contribution is -0.160. The highest BCUT2D eigenvalue weighted by Crippen LogP contribution is 2.27. The summed E-state index contributed by atoms with van der Waals surface area (Å²) in [5, 5.41) is 0. The Labute approximate surface area is 138 Å². The van der Waals surface area contributed by atoms with Crippen molar-refractivity contribution >= 4 is 12.0 Å². The highest BCUT2D eigenvalue weighted by molar-refractivity contribution is 5.76. The maximum Gasteiger partial charge on any atom is 0.319 e. The van der Waals surface area contributed by atoms with Crippen molar-refractivity contribution in [3.63, 3.8) is 0 Å². The Kier molecular flexibility index (Phi) is 5.41. The van der Waals surface area contributed by atoms with Gasteiger partial charge in [0.05, 0.1) is 12.0 Å². The van der Waals surface area contributed by atoms with Crippen LogP contribution in [0.5, 0.6) is 0 Å². The van der Waals surface area contributed by atoms with Crippen molar-refractivity contribution in [2.45, 2.75) is 57.2 Å². The third-order valence-corrected chi connectivity index (χ3v) is 5.44. The Hall–Kier alpha value is -1.30. The molecule has 6 heteroatoms. The van der Waals surface area contributed by atoms with E-state index in [-0.39, 0.29) is 30.1 Å². The Morgan fingerprint density at radius 3 is 2.09 bits per heavy atom. The van der Waals surface area contributed by atoms with Crippen molar-refractivity contribution in [1.29, 1.82) is 0 Å². The van der Waals surface area contributed by atoms with Crippen LogP contribution in [0.2, 0.25) is 0 Å². The van der Waals surface area contributed by atoms with Crippen LogP contribution in [0.25, 0.3) is 0 Å². The molecule has 2 heterocycles. The van der Waals surface area contributed by atoms with Crippen molar-refractivity contribution in [2.75, 3.05) is 33.3 Å². The van der Waals surface area contributed by atoms with Gasteiger partial charge in [0.15, 0.2) is 0 Å². The monoisotopic (exact) mass is 324 g/mol. The van der Waals surface area contributed by atoms with Crippen LogP contribution in [0.3, 0.4) is 0 Å². The maximum atomic E-state index is 12.4. The number of rotatable bonds is 3. The Morgan fingerprint density at radius 2 is 1.43 bits per heavy atom. The summed E-state index contributed by atoms with van der Waals surface area (Å²) in [6.45, 7) is 3.07. The van der Waals surface area contributed by atoms with E-state index in [9.17, 15) is 9.59 Å². The Bertz CT molecular complexity index is 428. The first kappa shape index (κ1) is 16.6. The molecule has 1 saturated carbocycles. The molecule has 23 heavy (non-hydrogen) atoms. The number of hydrogen-bond donors (Lipinski definition) is 0. The molecule has 1 aliphatic carbocycles. The fraction of sp³-hybridized carbons (Fsp3) is 0.882. The molecular formula is C17H28N2O4. The van der Waals surface area contributed by atoms with Gasteiger partial charge < -0.3 is 19.3 Å². The molecule has 3 fully saturated rings. The lowest BCUT2D eigenvalue weighted by atomic mass is 9.97. The molecule has 2 amide bonds. The smallest absolute Gasteiger partial charge is 0.319 e. The molecule has 2 atom stereocenters. The molecule has 6 nitrogen and oxygen atoms in total. The third-order valence-electron chi connectivity index (χ3n) is 5.44. The number of carbonyl (C=O) groups excluding carboxylic acids is 2. The van der Waals surface area contributed by atoms with Crippen LogP contribution in [-0.4, -0.2) is 67.3 Å². The molecule has 3 aliphatic rings. The third kappa shape index (κ3) is 3.79. The molecule has 0 aromatic rings. The SMILES string of the molecule is CO[C@H]1CCC[C@H]1OC(=O)C1CCN(C(=O)N2CCCC2)CC1. The Balaban J connectivity index is 1.44. The van der Waals surface area contributed by atoms with Gasteiger partial charge in [0.25, 0.3) is 0 Å². The number of carbonyl (C=O) groups is 2. The van der Waals surface area contributed by atoms with Gasteiger partial charge in [-0.05, 0) is 44.9 Å². The summed E-state index contributed by atoms with van der Waals surface area (Å²) in [4.78, 5) is 28.5. The van der Waals surface area contributed by atoms with Crippen LogP contribution < -0.4 is 0 Å². The number of amides is 2. The van der Waals surface area contributed by atoms with Crippen molar-refractivity contribution in [3.8, 4) is 0 Å². The topological polar surface area (TPSA) is 59.1 Å². The molecule has 0 spiro atoms. The van der Waals surface area contributed by atoms with Crippen LogP contribution in [0.1, 0.15) is 44.9 Å². The zero-order valence-electron chi connectivity index (χ0n) is 14.0. The van der Waals surface area contributed by atoms with Crippen LogP contribution in [0.4, 0.5) is 4.79 Å². The van der Waals surface area contributed by atoms with Gasteiger partial charge in [0.1, 0.15) is 6.10 Å². The predicted octanol–water partition coefficient (Wildman–Crippen LogP) is 2.02. The van der Waals surface area contributed by atoms with Crippen LogP contribution in [0.15, 0.2) is 0 Å². The van der Waals surface area contributed by atoms with Gasteiger partial charge in [0, 0.05) is 33.3 Å². The predicted molar refractivity (Wildman–Crippen MR) is 85.0 cm³/mol. The molecule has 2 saturated heterocycles. The second kappa shape index (κ2) is 7.51. The first-order valence-corrected chi connectivity index (χ1v) is 8.96. The molecule has 0 unspecified atom stereocenters. The van der Waals surface area contributed by atoms with E-state index >= 15 is 0 Å². The molecular weight excluding hydrogens is 296 g/mol. The van der Waals surface area contributed by atoms with Gasteiger partial charge in [-0.25, -0.2) is 4.79 Å². The molecule has 2 aliphatic heterocycles. The fourth-order valence-corrected chi connectivity index (χ4v) is 3.96. The van der Waals surface area contributed by atoms with Crippen molar-refractivity contribution in [2.24, 2.45) is 5.92 Å². The highest BCUT2D eigenvalue weighted by Gasteiger charge is 2.35. The first-order valence-electron chi connectivity index (χ1n) is 8.96. The molecule has 0 N–H and O–H groups in total. The molecule has 0 bridgehead atoms. The summed E-state index contributed by atoms with van der Waals surface area (Å²) in [5.74, 6) is -0.178. The number of esters is 1. The molecule has 0 aromatic carbocycles. The van der Waals surface area contributed by atoms with Crippen LogP contribution >= 0.6 is 0 Å². The number of hydrogen-bond acceptors (Lipinski definition) is 4. The number of nitrogens with zero attached hydrogens (tertiary/aromatic N) is 2. The van der Waals surface area contributed by atoms with E-state index in [2.05, 4.69) is 0 Å². The minimum absolute atomic E-state index is 0.0517. The molecule has 3 rings (SSSR count). The quantitative estimate of drug-likeness (QED) is 0.745. The van der Waals surface area contributed by atoms with Gasteiger partial charge >= 0.3 is 12.0 Å². The number of piperidine rings is 1. The second-order valence-electron chi connectivity index (χ2n) is 6.92. The van der Waals surface area contributed by atoms with E-state index in [1.807, 2.05) is 9.80 Å². The zero-order valence-corrected chi connectivity index (χ0v) is 14.0. The molecule has 0 aromatic heterocycles. The van der Waals surface area contributed by atoms with Crippen molar-refractivity contribution < 1.29 is 19.1 Å². The summed E-state index contributed by atoms with van der Waals surface area (Å²) in [5.41, 5.74) is 0. The summed E-state index contributed by atoms with van der Waals surface area (Å²) in [6, 6.07) is 0.143. The van der Waals surface area contributed by atoms with Crippen molar-refractivity contribution in [3.05, 3.63) is 0 Å². The minimum atomic E-state index is -0.104. The fourth-order valence-electron chi connectivity index (χ4n) is 3.96. The van der Waals surface area contributed by atoms with E-state index in [1.54, 1.807) is 7.11 Å².